The maximum atomic E-state index is 11.9. The molecule has 0 aliphatic rings. The number of benzene rings is 2. The van der Waals surface area contributed by atoms with E-state index in [1.807, 2.05) is 19.1 Å². The number of ether oxygens (including phenoxy) is 1. The molecule has 3 rings (SSSR count). The number of aliphatic hydroxyl groups excluding tert-OH is 1. The lowest BCUT2D eigenvalue weighted by molar-refractivity contribution is 0.100. The SMILES string of the molecule is COc1cc2ncc(C(N)=O)c(Nc3cccc(CO)c3C)c2cc1O. The molecule has 0 aliphatic heterocycles. The van der Waals surface area contributed by atoms with E-state index in [9.17, 15) is 15.0 Å². The third-order valence-corrected chi connectivity index (χ3v) is 4.31. The topological polar surface area (TPSA) is 118 Å². The average molecular weight is 353 g/mol. The van der Waals surface area contributed by atoms with Crippen molar-refractivity contribution in [3.8, 4) is 11.5 Å². The lowest BCUT2D eigenvalue weighted by Gasteiger charge is -2.17. The monoisotopic (exact) mass is 353 g/mol. The number of carbonyl (C=O) groups is 1. The maximum absolute atomic E-state index is 11.9. The van der Waals surface area contributed by atoms with Gasteiger partial charge in [0.05, 0.1) is 30.5 Å². The van der Waals surface area contributed by atoms with Gasteiger partial charge in [0, 0.05) is 23.3 Å². The van der Waals surface area contributed by atoms with Crippen LogP contribution in [0.1, 0.15) is 21.5 Å². The van der Waals surface area contributed by atoms with Crippen molar-refractivity contribution in [1.82, 2.24) is 4.98 Å². The Bertz CT molecular complexity index is 1000. The number of aromatic nitrogens is 1. The summed E-state index contributed by atoms with van der Waals surface area (Å²) in [5, 5.41) is 23.3. The smallest absolute Gasteiger partial charge is 0.252 e. The highest BCUT2D eigenvalue weighted by Gasteiger charge is 2.17. The number of primary amides is 1. The summed E-state index contributed by atoms with van der Waals surface area (Å²) in [5.41, 5.74) is 8.97. The normalized spacial score (nSPS) is 10.7. The number of anilines is 2. The zero-order valence-electron chi connectivity index (χ0n) is 14.4. The first kappa shape index (κ1) is 17.5. The molecule has 0 radical (unpaired) electrons. The number of rotatable bonds is 5. The average Bonchev–Trinajstić information content (AvgIpc) is 2.63. The predicted octanol–water partition coefficient (Wildman–Crippen LogP) is 2.59. The first-order valence-corrected chi connectivity index (χ1v) is 7.92. The Hall–Kier alpha value is -3.32. The minimum absolute atomic E-state index is 0.0766. The molecule has 5 N–H and O–H groups in total. The molecule has 26 heavy (non-hydrogen) atoms. The van der Waals surface area contributed by atoms with Crippen molar-refractivity contribution in [2.24, 2.45) is 5.73 Å². The van der Waals surface area contributed by atoms with E-state index >= 15 is 0 Å². The summed E-state index contributed by atoms with van der Waals surface area (Å²) in [4.78, 5) is 16.1. The quantitative estimate of drug-likeness (QED) is 0.560. The lowest BCUT2D eigenvalue weighted by Crippen LogP contribution is -2.14. The number of aliphatic hydroxyl groups is 1. The highest BCUT2D eigenvalue weighted by atomic mass is 16.5. The van der Waals surface area contributed by atoms with Crippen molar-refractivity contribution < 1.29 is 19.7 Å². The molecule has 2 aromatic carbocycles. The Morgan fingerprint density at radius 1 is 1.35 bits per heavy atom. The Morgan fingerprint density at radius 3 is 2.77 bits per heavy atom. The molecule has 0 atom stereocenters. The van der Waals surface area contributed by atoms with Crippen LogP contribution in [0.2, 0.25) is 0 Å². The minimum atomic E-state index is -0.645. The number of phenols is 1. The molecule has 134 valence electrons. The van der Waals surface area contributed by atoms with Gasteiger partial charge in [-0.3, -0.25) is 9.78 Å². The van der Waals surface area contributed by atoms with Crippen LogP contribution in [-0.2, 0) is 6.61 Å². The van der Waals surface area contributed by atoms with Gasteiger partial charge in [-0.1, -0.05) is 12.1 Å². The lowest BCUT2D eigenvalue weighted by atomic mass is 10.0. The third kappa shape index (κ3) is 3.00. The Kier molecular flexibility index (Phi) is 4.64. The highest BCUT2D eigenvalue weighted by molar-refractivity contribution is 6.08. The van der Waals surface area contributed by atoms with Gasteiger partial charge in [0.2, 0.25) is 0 Å². The van der Waals surface area contributed by atoms with Gasteiger partial charge in [-0.15, -0.1) is 0 Å². The van der Waals surface area contributed by atoms with E-state index in [0.717, 1.165) is 11.1 Å². The number of hydrogen-bond acceptors (Lipinski definition) is 6. The number of amides is 1. The van der Waals surface area contributed by atoms with Crippen LogP contribution < -0.4 is 15.8 Å². The third-order valence-electron chi connectivity index (χ3n) is 4.31. The van der Waals surface area contributed by atoms with E-state index in [-0.39, 0.29) is 23.7 Å². The summed E-state index contributed by atoms with van der Waals surface area (Å²) < 4.78 is 5.11. The Morgan fingerprint density at radius 2 is 2.12 bits per heavy atom. The van der Waals surface area contributed by atoms with Crippen molar-refractivity contribution in [2.45, 2.75) is 13.5 Å². The van der Waals surface area contributed by atoms with Gasteiger partial charge < -0.3 is 26.0 Å². The van der Waals surface area contributed by atoms with Gasteiger partial charge in [0.15, 0.2) is 11.5 Å². The van der Waals surface area contributed by atoms with Crippen LogP contribution in [0, 0.1) is 6.92 Å². The first-order valence-electron chi connectivity index (χ1n) is 7.92. The van der Waals surface area contributed by atoms with Gasteiger partial charge in [0.25, 0.3) is 5.91 Å². The Balaban J connectivity index is 2.24. The number of phenolic OH excluding ortho intramolecular Hbond substituents is 1. The fraction of sp³-hybridized carbons (Fsp3) is 0.158. The molecule has 1 amide bonds. The summed E-state index contributed by atoms with van der Waals surface area (Å²) in [6.07, 6.45) is 1.38. The van der Waals surface area contributed by atoms with Crippen molar-refractivity contribution in [1.29, 1.82) is 0 Å². The maximum Gasteiger partial charge on any atom is 0.252 e. The molecule has 0 bridgehead atoms. The molecule has 0 saturated carbocycles. The number of pyridine rings is 1. The van der Waals surface area contributed by atoms with Gasteiger partial charge in [0.1, 0.15) is 0 Å². The van der Waals surface area contributed by atoms with E-state index in [1.54, 1.807) is 12.1 Å². The molecule has 3 aromatic rings. The fourth-order valence-corrected chi connectivity index (χ4v) is 2.82. The van der Waals surface area contributed by atoms with Crippen LogP contribution in [0.15, 0.2) is 36.5 Å². The summed E-state index contributed by atoms with van der Waals surface area (Å²) >= 11 is 0. The largest absolute Gasteiger partial charge is 0.504 e. The zero-order valence-corrected chi connectivity index (χ0v) is 14.4. The first-order chi connectivity index (χ1) is 12.5. The van der Waals surface area contributed by atoms with Gasteiger partial charge in [-0.2, -0.15) is 0 Å². The van der Waals surface area contributed by atoms with E-state index in [0.29, 0.717) is 22.3 Å². The van der Waals surface area contributed by atoms with E-state index in [4.69, 9.17) is 10.5 Å². The summed E-state index contributed by atoms with van der Waals surface area (Å²) in [5.74, 6) is -0.443. The fourth-order valence-electron chi connectivity index (χ4n) is 2.82. The minimum Gasteiger partial charge on any atom is -0.504 e. The summed E-state index contributed by atoms with van der Waals surface area (Å²) in [6, 6.07) is 8.50. The molecular formula is C19H19N3O4. The van der Waals surface area contributed by atoms with Crippen molar-refractivity contribution in [3.63, 3.8) is 0 Å². The Labute approximate surface area is 150 Å². The van der Waals surface area contributed by atoms with Crippen LogP contribution in [0.4, 0.5) is 11.4 Å². The van der Waals surface area contributed by atoms with Crippen LogP contribution in [-0.4, -0.2) is 28.2 Å². The molecular weight excluding hydrogens is 334 g/mol. The number of fused-ring (bicyclic) bond motifs is 1. The molecule has 7 nitrogen and oxygen atoms in total. The predicted molar refractivity (Wildman–Crippen MR) is 98.9 cm³/mol. The van der Waals surface area contributed by atoms with Crippen LogP contribution in [0.3, 0.4) is 0 Å². The number of nitrogens with two attached hydrogens (primary N) is 1. The second-order valence-electron chi connectivity index (χ2n) is 5.83. The molecule has 0 spiro atoms. The second-order valence-corrected chi connectivity index (χ2v) is 5.83. The molecule has 0 unspecified atom stereocenters. The molecule has 1 aromatic heterocycles. The summed E-state index contributed by atoms with van der Waals surface area (Å²) in [7, 11) is 1.45. The van der Waals surface area contributed by atoms with Gasteiger partial charge in [-0.25, -0.2) is 0 Å². The standard InChI is InChI=1S/C19H19N3O4/c1-10-11(9-23)4-3-5-14(10)22-18-12-6-16(24)17(26-2)7-15(12)21-8-13(18)19(20)25/h3-8,23-24H,9H2,1-2H3,(H2,20,25)(H,21,22). The number of hydrogen-bond donors (Lipinski definition) is 4. The highest BCUT2D eigenvalue weighted by Crippen LogP contribution is 2.37. The van der Waals surface area contributed by atoms with Crippen LogP contribution in [0.5, 0.6) is 11.5 Å². The van der Waals surface area contributed by atoms with Crippen LogP contribution >= 0.6 is 0 Å². The van der Waals surface area contributed by atoms with E-state index in [1.165, 1.54) is 19.4 Å². The second kappa shape index (κ2) is 6.89. The van der Waals surface area contributed by atoms with Gasteiger partial charge in [-0.05, 0) is 30.2 Å². The summed E-state index contributed by atoms with van der Waals surface area (Å²) in [6.45, 7) is 1.76. The molecule has 7 heteroatoms. The number of nitrogens with one attached hydrogen (secondary N) is 1. The van der Waals surface area contributed by atoms with Gasteiger partial charge >= 0.3 is 0 Å². The zero-order chi connectivity index (χ0) is 18.8. The van der Waals surface area contributed by atoms with E-state index < -0.39 is 5.91 Å². The number of methoxy groups -OCH3 is 1. The number of aromatic hydroxyl groups is 1. The van der Waals surface area contributed by atoms with Crippen LogP contribution in [0.25, 0.3) is 10.9 Å². The van der Waals surface area contributed by atoms with Crippen molar-refractivity contribution >= 4 is 28.2 Å². The molecule has 0 aliphatic carbocycles. The number of carbonyl (C=O) groups excluding carboxylic acids is 1. The van der Waals surface area contributed by atoms with Crippen molar-refractivity contribution in [3.05, 3.63) is 53.2 Å². The number of nitrogens with zero attached hydrogens (tertiary/aromatic N) is 1. The van der Waals surface area contributed by atoms with Crippen molar-refractivity contribution in [2.75, 3.05) is 12.4 Å². The van der Waals surface area contributed by atoms with E-state index in [2.05, 4.69) is 10.3 Å². The molecule has 0 saturated heterocycles. The molecule has 1 heterocycles. The molecule has 0 fully saturated rings.